The number of aromatic nitrogens is 2. The predicted octanol–water partition coefficient (Wildman–Crippen LogP) is 2.10. The van der Waals surface area contributed by atoms with E-state index < -0.39 is 6.10 Å². The maximum Gasteiger partial charge on any atom is 0.161 e. The Morgan fingerprint density at radius 3 is 2.70 bits per heavy atom. The van der Waals surface area contributed by atoms with Gasteiger partial charge in [-0.2, -0.15) is 5.10 Å². The molecule has 0 aliphatic heterocycles. The summed E-state index contributed by atoms with van der Waals surface area (Å²) in [4.78, 5) is 0. The second kappa shape index (κ2) is 6.43. The number of rotatable bonds is 6. The smallest absolute Gasteiger partial charge is 0.161 e. The van der Waals surface area contributed by atoms with Crippen LogP contribution in [0.1, 0.15) is 24.3 Å². The van der Waals surface area contributed by atoms with E-state index in [-0.39, 0.29) is 0 Å². The molecule has 1 N–H and O–H groups in total. The summed E-state index contributed by atoms with van der Waals surface area (Å²) < 4.78 is 12.9. The molecule has 0 aliphatic rings. The normalized spacial score (nSPS) is 12.2. The van der Waals surface area contributed by atoms with Gasteiger partial charge in [-0.25, -0.2) is 0 Å². The molecule has 0 bridgehead atoms. The van der Waals surface area contributed by atoms with Crippen LogP contribution in [0.15, 0.2) is 30.5 Å². The second-order valence-corrected chi connectivity index (χ2v) is 4.63. The zero-order valence-corrected chi connectivity index (χ0v) is 12.0. The van der Waals surface area contributed by atoms with E-state index in [2.05, 4.69) is 5.10 Å². The van der Waals surface area contributed by atoms with Crippen LogP contribution < -0.4 is 9.47 Å². The highest BCUT2D eigenvalue weighted by molar-refractivity contribution is 5.43. The van der Waals surface area contributed by atoms with Crippen LogP contribution in [-0.4, -0.2) is 28.6 Å². The summed E-state index contributed by atoms with van der Waals surface area (Å²) in [6, 6.07) is 7.43. The summed E-state index contributed by atoms with van der Waals surface area (Å²) in [6.07, 6.45) is 2.03. The first-order valence-electron chi connectivity index (χ1n) is 6.57. The average Bonchev–Trinajstić information content (AvgIpc) is 2.84. The first kappa shape index (κ1) is 14.4. The minimum Gasteiger partial charge on any atom is -0.493 e. The van der Waals surface area contributed by atoms with E-state index in [1.54, 1.807) is 26.3 Å². The fraction of sp³-hybridized carbons (Fsp3) is 0.400. The molecule has 2 rings (SSSR count). The van der Waals surface area contributed by atoms with Gasteiger partial charge in [-0.1, -0.05) is 6.07 Å². The minimum absolute atomic E-state index is 0.521. The Balaban J connectivity index is 2.00. The van der Waals surface area contributed by atoms with Crippen LogP contribution in [-0.2, 0) is 13.5 Å². The van der Waals surface area contributed by atoms with E-state index in [1.165, 1.54) is 0 Å². The van der Waals surface area contributed by atoms with E-state index in [0.717, 1.165) is 17.7 Å². The van der Waals surface area contributed by atoms with Gasteiger partial charge in [0, 0.05) is 25.4 Å². The van der Waals surface area contributed by atoms with Crippen LogP contribution in [0.5, 0.6) is 11.5 Å². The lowest BCUT2D eigenvalue weighted by atomic mass is 10.1. The Bertz CT molecular complexity index is 564. The minimum atomic E-state index is -0.521. The van der Waals surface area contributed by atoms with Crippen molar-refractivity contribution in [2.45, 2.75) is 19.4 Å². The summed E-state index contributed by atoms with van der Waals surface area (Å²) in [5, 5.41) is 13.7. The number of aliphatic hydroxyl groups is 1. The van der Waals surface area contributed by atoms with Crippen molar-refractivity contribution >= 4 is 0 Å². The number of ether oxygens (including phenoxy) is 2. The quantitative estimate of drug-likeness (QED) is 0.878. The molecule has 0 spiro atoms. The lowest BCUT2D eigenvalue weighted by Crippen LogP contribution is -2.07. The first-order valence-corrected chi connectivity index (χ1v) is 6.57. The van der Waals surface area contributed by atoms with E-state index >= 15 is 0 Å². The molecule has 0 saturated carbocycles. The molecule has 108 valence electrons. The van der Waals surface area contributed by atoms with Crippen LogP contribution in [0.2, 0.25) is 0 Å². The summed E-state index contributed by atoms with van der Waals surface area (Å²) in [5.74, 6) is 1.31. The maximum absolute atomic E-state index is 9.56. The van der Waals surface area contributed by atoms with E-state index in [0.29, 0.717) is 18.1 Å². The number of methoxy groups -OCH3 is 1. The van der Waals surface area contributed by atoms with E-state index in [9.17, 15) is 5.11 Å². The zero-order valence-electron chi connectivity index (χ0n) is 12.0. The lowest BCUT2D eigenvalue weighted by Gasteiger charge is -2.13. The molecule has 0 amide bonds. The third kappa shape index (κ3) is 3.30. The molecule has 0 radical (unpaired) electrons. The Morgan fingerprint density at radius 2 is 2.10 bits per heavy atom. The summed E-state index contributed by atoms with van der Waals surface area (Å²) in [6.45, 7) is 2.27. The zero-order chi connectivity index (χ0) is 14.5. The molecule has 5 nitrogen and oxygen atoms in total. The molecular weight excluding hydrogens is 256 g/mol. The molecule has 5 heteroatoms. The molecule has 0 aliphatic carbocycles. The van der Waals surface area contributed by atoms with Gasteiger partial charge in [0.15, 0.2) is 11.5 Å². The molecule has 20 heavy (non-hydrogen) atoms. The van der Waals surface area contributed by atoms with Crippen molar-refractivity contribution in [2.75, 3.05) is 13.7 Å². The Kier molecular flexibility index (Phi) is 4.63. The molecule has 1 atom stereocenters. The topological polar surface area (TPSA) is 56.5 Å². The lowest BCUT2D eigenvalue weighted by molar-refractivity contribution is 0.198. The maximum atomic E-state index is 9.56. The summed E-state index contributed by atoms with van der Waals surface area (Å²) >= 11 is 0. The second-order valence-electron chi connectivity index (χ2n) is 4.63. The largest absolute Gasteiger partial charge is 0.493 e. The molecule has 1 unspecified atom stereocenters. The van der Waals surface area contributed by atoms with Crippen LogP contribution in [0.25, 0.3) is 0 Å². The van der Waals surface area contributed by atoms with Crippen molar-refractivity contribution in [3.8, 4) is 11.5 Å². The van der Waals surface area contributed by atoms with Crippen molar-refractivity contribution < 1.29 is 14.6 Å². The van der Waals surface area contributed by atoms with Gasteiger partial charge in [0.05, 0.1) is 19.8 Å². The number of benzene rings is 1. The summed E-state index contributed by atoms with van der Waals surface area (Å²) in [7, 11) is 3.50. The molecular formula is C15H20N2O3. The number of nitrogens with zero attached hydrogens (tertiary/aromatic N) is 2. The van der Waals surface area contributed by atoms with Gasteiger partial charge in [-0.3, -0.25) is 4.68 Å². The Labute approximate surface area is 118 Å². The van der Waals surface area contributed by atoms with Gasteiger partial charge in [-0.05, 0) is 30.7 Å². The highest BCUT2D eigenvalue weighted by atomic mass is 16.5. The van der Waals surface area contributed by atoms with Crippen molar-refractivity contribution in [2.24, 2.45) is 7.05 Å². The van der Waals surface area contributed by atoms with Crippen LogP contribution in [0, 0.1) is 0 Å². The molecule has 1 aromatic carbocycles. The van der Waals surface area contributed by atoms with E-state index in [4.69, 9.17) is 9.47 Å². The van der Waals surface area contributed by atoms with Gasteiger partial charge in [-0.15, -0.1) is 0 Å². The highest BCUT2D eigenvalue weighted by Gasteiger charge is 2.09. The fourth-order valence-corrected chi connectivity index (χ4v) is 1.98. The van der Waals surface area contributed by atoms with Crippen molar-refractivity contribution in [3.05, 3.63) is 41.7 Å². The summed E-state index contributed by atoms with van der Waals surface area (Å²) in [5.41, 5.74) is 1.92. The van der Waals surface area contributed by atoms with Gasteiger partial charge >= 0.3 is 0 Å². The van der Waals surface area contributed by atoms with Crippen LogP contribution in [0.4, 0.5) is 0 Å². The fourth-order valence-electron chi connectivity index (χ4n) is 1.98. The number of hydrogen-bond acceptors (Lipinski definition) is 4. The molecule has 1 heterocycles. The Hall–Kier alpha value is -2.01. The van der Waals surface area contributed by atoms with Crippen LogP contribution >= 0.6 is 0 Å². The van der Waals surface area contributed by atoms with Gasteiger partial charge in [0.1, 0.15) is 0 Å². The van der Waals surface area contributed by atoms with E-state index in [1.807, 2.05) is 29.9 Å². The van der Waals surface area contributed by atoms with Gasteiger partial charge in [0.25, 0.3) is 0 Å². The molecule has 0 fully saturated rings. The third-order valence-electron chi connectivity index (χ3n) is 3.21. The van der Waals surface area contributed by atoms with Crippen molar-refractivity contribution in [3.63, 3.8) is 0 Å². The molecule has 1 aromatic heterocycles. The Morgan fingerprint density at radius 1 is 1.30 bits per heavy atom. The highest BCUT2D eigenvalue weighted by Crippen LogP contribution is 2.30. The average molecular weight is 276 g/mol. The van der Waals surface area contributed by atoms with Crippen molar-refractivity contribution in [1.29, 1.82) is 0 Å². The van der Waals surface area contributed by atoms with Gasteiger partial charge < -0.3 is 14.6 Å². The third-order valence-corrected chi connectivity index (χ3v) is 3.21. The monoisotopic (exact) mass is 276 g/mol. The van der Waals surface area contributed by atoms with Crippen LogP contribution in [0.3, 0.4) is 0 Å². The number of aryl methyl sites for hydroxylation is 1. The van der Waals surface area contributed by atoms with Crippen molar-refractivity contribution in [1.82, 2.24) is 9.78 Å². The first-order chi connectivity index (χ1) is 9.61. The predicted molar refractivity (Wildman–Crippen MR) is 76.0 cm³/mol. The number of aliphatic hydroxyl groups excluding tert-OH is 1. The SMILES string of the molecule is COc1cc(C(C)O)ccc1OCCc1ccnn1C. The standard InChI is InChI=1S/C15H20N2O3/c1-11(18)12-4-5-14(15(10-12)19-3)20-9-7-13-6-8-16-17(13)2/h4-6,8,10-11,18H,7,9H2,1-3H3. The number of hydrogen-bond donors (Lipinski definition) is 1. The molecule has 2 aromatic rings. The van der Waals surface area contributed by atoms with Gasteiger partial charge in [0.2, 0.25) is 0 Å². The molecule has 0 saturated heterocycles.